The number of thioether (sulfide) groups is 1. The summed E-state index contributed by atoms with van der Waals surface area (Å²) in [5, 5.41) is 28.4. The molecule has 9 nitrogen and oxygen atoms in total. The van der Waals surface area contributed by atoms with E-state index in [2.05, 4.69) is 17.6 Å². The standard InChI is InChI=1S/C44H41N3O6S/c1-30-40(29-54-41-13-7-8-26-47(41)50)52-43(53-42(30)33-16-14-31(28-48)15-17-33)34-20-18-32(19-21-34)39-12-6-5-9-35(39)27-45-44(49)46-36-22-24-38(25-23-36)51-37-10-3-2-4-11-37/h2-26,30,40,42-43,48H,27-29H2,1H3,(H2,45,46,49)/t30-,40+,42+,43+/m0/s1. The second-order valence-corrected chi connectivity index (χ2v) is 14.1. The molecule has 0 radical (unpaired) electrons. The van der Waals surface area contributed by atoms with Crippen molar-refractivity contribution in [3.63, 3.8) is 0 Å². The topological polar surface area (TPSA) is 116 Å². The highest BCUT2D eigenvalue weighted by Crippen LogP contribution is 2.43. The van der Waals surface area contributed by atoms with E-state index in [4.69, 9.17) is 14.2 Å². The van der Waals surface area contributed by atoms with Crippen LogP contribution in [0.4, 0.5) is 10.5 Å². The maximum atomic E-state index is 12.9. The number of nitrogens with one attached hydrogen (secondary N) is 2. The van der Waals surface area contributed by atoms with Crippen LogP contribution in [0.2, 0.25) is 0 Å². The van der Waals surface area contributed by atoms with Crippen LogP contribution in [0.5, 0.6) is 11.5 Å². The van der Waals surface area contributed by atoms with Gasteiger partial charge in [0.15, 0.2) is 12.5 Å². The second kappa shape index (κ2) is 17.5. The van der Waals surface area contributed by atoms with Crippen molar-refractivity contribution in [3.8, 4) is 22.6 Å². The average molecular weight is 740 g/mol. The SMILES string of the molecule is C[C@H]1[C@@H](CSc2cccc[n+]2[O-])O[C@@H](c2ccc(-c3ccccc3CNC(=O)Nc3ccc(Oc4ccccc4)cc3)cc2)O[C@H]1c1ccc(CO)cc1. The zero-order valence-electron chi connectivity index (χ0n) is 29.7. The predicted molar refractivity (Wildman–Crippen MR) is 210 cm³/mol. The molecule has 2 amide bonds. The van der Waals surface area contributed by atoms with Gasteiger partial charge in [0.2, 0.25) is 0 Å². The number of aromatic nitrogens is 1. The number of anilines is 1. The van der Waals surface area contributed by atoms with Crippen LogP contribution in [-0.2, 0) is 22.6 Å². The molecule has 1 aromatic heterocycles. The van der Waals surface area contributed by atoms with Crippen LogP contribution in [0.3, 0.4) is 0 Å². The first-order valence-electron chi connectivity index (χ1n) is 17.8. The number of pyridine rings is 1. The molecular formula is C44H41N3O6S. The molecular weight excluding hydrogens is 699 g/mol. The quantitative estimate of drug-likeness (QED) is 0.0651. The van der Waals surface area contributed by atoms with Crippen molar-refractivity contribution in [1.29, 1.82) is 0 Å². The van der Waals surface area contributed by atoms with E-state index in [0.29, 0.717) is 28.8 Å². The van der Waals surface area contributed by atoms with Crippen LogP contribution >= 0.6 is 11.8 Å². The number of urea groups is 1. The molecule has 1 fully saturated rings. The van der Waals surface area contributed by atoms with Crippen molar-refractivity contribution in [2.75, 3.05) is 11.1 Å². The minimum absolute atomic E-state index is 0.0126. The zero-order chi connectivity index (χ0) is 37.3. The molecule has 54 heavy (non-hydrogen) atoms. The first-order valence-corrected chi connectivity index (χ1v) is 18.8. The molecule has 4 atom stereocenters. The number of para-hydroxylation sites is 1. The molecule has 0 unspecified atom stereocenters. The summed E-state index contributed by atoms with van der Waals surface area (Å²) < 4.78 is 20.0. The molecule has 0 spiro atoms. The van der Waals surface area contributed by atoms with Crippen LogP contribution in [0.1, 0.15) is 41.6 Å². The maximum Gasteiger partial charge on any atom is 0.319 e. The molecule has 0 saturated carbocycles. The van der Waals surface area contributed by atoms with E-state index in [1.54, 1.807) is 18.2 Å². The summed E-state index contributed by atoms with van der Waals surface area (Å²) in [7, 11) is 0. The lowest BCUT2D eigenvalue weighted by atomic mass is 9.91. The molecule has 2 heterocycles. The Morgan fingerprint density at radius 2 is 1.48 bits per heavy atom. The Kier molecular flexibility index (Phi) is 11.9. The van der Waals surface area contributed by atoms with Gasteiger partial charge < -0.3 is 35.2 Å². The first-order chi connectivity index (χ1) is 26.4. The average Bonchev–Trinajstić information content (AvgIpc) is 3.21. The number of ether oxygens (including phenoxy) is 3. The van der Waals surface area contributed by atoms with Gasteiger partial charge in [-0.3, -0.25) is 0 Å². The van der Waals surface area contributed by atoms with E-state index < -0.39 is 6.29 Å². The van der Waals surface area contributed by atoms with Gasteiger partial charge in [-0.05, 0) is 70.3 Å². The molecule has 3 N–H and O–H groups in total. The molecule has 0 bridgehead atoms. The predicted octanol–water partition coefficient (Wildman–Crippen LogP) is 9.18. The highest BCUT2D eigenvalue weighted by molar-refractivity contribution is 7.99. The van der Waals surface area contributed by atoms with Crippen LogP contribution in [0.25, 0.3) is 11.1 Å². The third kappa shape index (κ3) is 9.10. The van der Waals surface area contributed by atoms with Gasteiger partial charge in [0, 0.05) is 41.6 Å². The molecule has 10 heteroatoms. The number of rotatable bonds is 12. The smallest absolute Gasteiger partial charge is 0.319 e. The number of nitrogens with zero attached hydrogens (tertiary/aromatic N) is 1. The second-order valence-electron chi connectivity index (χ2n) is 13.0. The number of carbonyl (C=O) groups is 1. The summed E-state index contributed by atoms with van der Waals surface area (Å²) in [5.74, 6) is 1.98. The molecule has 1 aliphatic rings. The van der Waals surface area contributed by atoms with Gasteiger partial charge in [-0.15, -0.1) is 0 Å². The lowest BCUT2D eigenvalue weighted by molar-refractivity contribution is -0.645. The number of aliphatic hydroxyl groups is 1. The molecule has 6 aromatic rings. The van der Waals surface area contributed by atoms with E-state index in [0.717, 1.165) is 43.9 Å². The Labute approximate surface area is 319 Å². The summed E-state index contributed by atoms with van der Waals surface area (Å²) in [6.07, 6.45) is 0.377. The molecule has 7 rings (SSSR count). The zero-order valence-corrected chi connectivity index (χ0v) is 30.5. The maximum absolute atomic E-state index is 12.9. The van der Waals surface area contributed by atoms with E-state index in [1.807, 2.05) is 127 Å². The van der Waals surface area contributed by atoms with Crippen molar-refractivity contribution in [1.82, 2.24) is 5.32 Å². The fourth-order valence-corrected chi connectivity index (χ4v) is 7.44. The summed E-state index contributed by atoms with van der Waals surface area (Å²) in [6.45, 7) is 2.40. The van der Waals surface area contributed by atoms with Crippen LogP contribution in [-0.4, -0.2) is 23.0 Å². The van der Waals surface area contributed by atoms with Gasteiger partial charge in [-0.1, -0.05) is 110 Å². The summed E-state index contributed by atoms with van der Waals surface area (Å²) >= 11 is 1.46. The van der Waals surface area contributed by atoms with Gasteiger partial charge in [-0.2, -0.15) is 4.73 Å². The fourth-order valence-electron chi connectivity index (χ4n) is 6.36. The van der Waals surface area contributed by atoms with Gasteiger partial charge in [0.1, 0.15) is 11.5 Å². The number of carbonyl (C=O) groups excluding carboxylic acids is 1. The first kappa shape index (κ1) is 36.7. The molecule has 1 saturated heterocycles. The van der Waals surface area contributed by atoms with E-state index in [1.165, 1.54) is 18.0 Å². The van der Waals surface area contributed by atoms with E-state index >= 15 is 0 Å². The Bertz CT molecular complexity index is 2130. The summed E-state index contributed by atoms with van der Waals surface area (Å²) in [6, 6.07) is 45.7. The van der Waals surface area contributed by atoms with E-state index in [-0.39, 0.29) is 30.8 Å². The summed E-state index contributed by atoms with van der Waals surface area (Å²) in [5.41, 5.74) is 6.29. The Morgan fingerprint density at radius 1 is 0.796 bits per heavy atom. The molecule has 274 valence electrons. The van der Waals surface area contributed by atoms with Gasteiger partial charge in [0.25, 0.3) is 5.03 Å². The van der Waals surface area contributed by atoms with Gasteiger partial charge in [-0.25, -0.2) is 4.79 Å². The Hall–Kier alpha value is -5.65. The van der Waals surface area contributed by atoms with E-state index in [9.17, 15) is 15.1 Å². The fraction of sp³-hybridized carbons (Fsp3) is 0.182. The van der Waals surface area contributed by atoms with Gasteiger partial charge >= 0.3 is 6.03 Å². The monoisotopic (exact) mass is 739 g/mol. The van der Waals surface area contributed by atoms with Crippen molar-refractivity contribution in [2.24, 2.45) is 5.92 Å². The highest BCUT2D eigenvalue weighted by Gasteiger charge is 2.38. The summed E-state index contributed by atoms with van der Waals surface area (Å²) in [4.78, 5) is 12.9. The minimum Gasteiger partial charge on any atom is -0.618 e. The molecule has 0 aliphatic carbocycles. The van der Waals surface area contributed by atoms with Crippen molar-refractivity contribution < 1.29 is 28.8 Å². The number of amides is 2. The number of hydrogen-bond acceptors (Lipinski definition) is 7. The number of aliphatic hydroxyl groups excluding tert-OH is 1. The van der Waals surface area contributed by atoms with Crippen LogP contribution < -0.4 is 20.1 Å². The Morgan fingerprint density at radius 3 is 2.22 bits per heavy atom. The van der Waals surface area contributed by atoms with Crippen LogP contribution in [0.15, 0.2) is 157 Å². The third-order valence-corrected chi connectivity index (χ3v) is 10.5. The van der Waals surface area contributed by atoms with Gasteiger partial charge in [0.05, 0.1) is 18.8 Å². The minimum atomic E-state index is -0.641. The lowest BCUT2D eigenvalue weighted by Gasteiger charge is -2.41. The molecule has 5 aromatic carbocycles. The third-order valence-electron chi connectivity index (χ3n) is 9.35. The van der Waals surface area contributed by atoms with Crippen LogP contribution in [0, 0.1) is 11.1 Å². The van der Waals surface area contributed by atoms with Crippen molar-refractivity contribution in [2.45, 2.75) is 43.6 Å². The normalized spacial score (nSPS) is 18.1. The highest BCUT2D eigenvalue weighted by atomic mass is 32.2. The number of hydrogen-bond donors (Lipinski definition) is 3. The number of benzene rings is 5. The van der Waals surface area contributed by atoms with Crippen molar-refractivity contribution in [3.05, 3.63) is 179 Å². The molecule has 1 aliphatic heterocycles. The Balaban J connectivity index is 1.02. The van der Waals surface area contributed by atoms with Crippen molar-refractivity contribution >= 4 is 23.5 Å². The largest absolute Gasteiger partial charge is 0.618 e. The lowest BCUT2D eigenvalue weighted by Crippen LogP contribution is -2.39.